The predicted molar refractivity (Wildman–Crippen MR) is 124 cm³/mol. The van der Waals surface area contributed by atoms with Crippen LogP contribution in [0.2, 0.25) is 0 Å². The normalized spacial score (nSPS) is 12.5. The summed E-state index contributed by atoms with van der Waals surface area (Å²) in [5.74, 6) is 1.18. The molecule has 32 heavy (non-hydrogen) atoms. The number of carbonyl (C=O) groups excluding carboxylic acids is 1. The molecule has 0 heterocycles. The summed E-state index contributed by atoms with van der Waals surface area (Å²) in [6.07, 6.45) is 2.61. The Balaban J connectivity index is 1.50. The predicted octanol–water partition coefficient (Wildman–Crippen LogP) is 5.75. The van der Waals surface area contributed by atoms with Crippen LogP contribution in [0.3, 0.4) is 0 Å². The molecule has 0 radical (unpaired) electrons. The Labute approximate surface area is 188 Å². The first-order valence-electron chi connectivity index (χ1n) is 10.7. The molecule has 1 N–H and O–H groups in total. The van der Waals surface area contributed by atoms with Crippen molar-refractivity contribution in [3.05, 3.63) is 66.2 Å². The second-order valence-corrected chi connectivity index (χ2v) is 9.13. The number of carbonyl (C=O) groups is 1. The third-order valence-electron chi connectivity index (χ3n) is 5.45. The summed E-state index contributed by atoms with van der Waals surface area (Å²) in [6.45, 7) is 4.86. The first-order valence-corrected chi connectivity index (χ1v) is 12.2. The van der Waals surface area contributed by atoms with Crippen molar-refractivity contribution in [3.8, 4) is 11.5 Å². The van der Waals surface area contributed by atoms with E-state index in [0.29, 0.717) is 36.1 Å². The molecule has 0 bridgehead atoms. The lowest BCUT2D eigenvalue weighted by atomic mass is 9.99. The molecule has 1 unspecified atom stereocenters. The topological polar surface area (TPSA) is 89.9 Å². The van der Waals surface area contributed by atoms with Gasteiger partial charge in [0.05, 0.1) is 6.61 Å². The monoisotopic (exact) mass is 456 g/mol. The van der Waals surface area contributed by atoms with Crippen LogP contribution in [0.1, 0.15) is 51.0 Å². The van der Waals surface area contributed by atoms with Crippen LogP contribution >= 0.6 is 0 Å². The van der Waals surface area contributed by atoms with E-state index in [1.807, 2.05) is 12.1 Å². The number of ether oxygens (including phenoxy) is 2. The summed E-state index contributed by atoms with van der Waals surface area (Å²) in [6, 6.07) is 17.3. The summed E-state index contributed by atoms with van der Waals surface area (Å²) in [5, 5.41) is 0.744. The molecule has 3 aromatic carbocycles. The van der Waals surface area contributed by atoms with Crippen LogP contribution in [0.15, 0.2) is 65.6 Å². The standard InChI is InChI=1S/C25H28O6S/c1-3-18(2)19-11-13-20(14-12-19)30-17-7-6-10-25(26)31-23-15-16-24(32(27,28)29)22-9-5-4-8-21(22)23/h4-5,8-9,11-16,18H,3,6-7,10,17H2,1-2H3,(H,27,28,29). The highest BCUT2D eigenvalue weighted by atomic mass is 32.2. The summed E-state index contributed by atoms with van der Waals surface area (Å²) in [4.78, 5) is 12.1. The zero-order valence-corrected chi connectivity index (χ0v) is 19.1. The van der Waals surface area contributed by atoms with Gasteiger partial charge in [-0.1, -0.05) is 50.2 Å². The molecular formula is C25H28O6S. The largest absolute Gasteiger partial charge is 0.494 e. The molecule has 3 rings (SSSR count). The lowest BCUT2D eigenvalue weighted by Crippen LogP contribution is -2.09. The fraction of sp³-hybridized carbons (Fsp3) is 0.320. The highest BCUT2D eigenvalue weighted by Crippen LogP contribution is 2.31. The summed E-state index contributed by atoms with van der Waals surface area (Å²) in [5.41, 5.74) is 1.29. The van der Waals surface area contributed by atoms with E-state index in [1.54, 1.807) is 24.3 Å². The van der Waals surface area contributed by atoms with Gasteiger partial charge in [-0.05, 0) is 55.0 Å². The zero-order valence-electron chi connectivity index (χ0n) is 18.3. The molecule has 0 aromatic heterocycles. The Morgan fingerprint density at radius 2 is 1.66 bits per heavy atom. The second kappa shape index (κ2) is 10.6. The average molecular weight is 457 g/mol. The van der Waals surface area contributed by atoms with Gasteiger partial charge in [-0.25, -0.2) is 0 Å². The fourth-order valence-corrected chi connectivity index (χ4v) is 4.12. The van der Waals surface area contributed by atoms with Gasteiger partial charge in [-0.2, -0.15) is 8.42 Å². The van der Waals surface area contributed by atoms with E-state index in [-0.39, 0.29) is 17.1 Å². The lowest BCUT2D eigenvalue weighted by molar-refractivity contribution is -0.134. The van der Waals surface area contributed by atoms with E-state index in [1.165, 1.54) is 17.7 Å². The van der Waals surface area contributed by atoms with Gasteiger partial charge in [0, 0.05) is 17.2 Å². The number of esters is 1. The molecule has 0 saturated heterocycles. The van der Waals surface area contributed by atoms with Gasteiger partial charge in [-0.15, -0.1) is 0 Å². The molecule has 6 nitrogen and oxygen atoms in total. The van der Waals surface area contributed by atoms with Crippen LogP contribution in [0.5, 0.6) is 11.5 Å². The first kappa shape index (κ1) is 23.8. The van der Waals surface area contributed by atoms with Gasteiger partial charge in [-0.3, -0.25) is 9.35 Å². The molecule has 0 amide bonds. The van der Waals surface area contributed by atoms with Crippen LogP contribution in [-0.4, -0.2) is 25.5 Å². The molecule has 7 heteroatoms. The van der Waals surface area contributed by atoms with Gasteiger partial charge >= 0.3 is 5.97 Å². The van der Waals surface area contributed by atoms with Gasteiger partial charge in [0.2, 0.25) is 0 Å². The van der Waals surface area contributed by atoms with Crippen LogP contribution in [0, 0.1) is 0 Å². The van der Waals surface area contributed by atoms with Crippen molar-refractivity contribution in [1.82, 2.24) is 0 Å². The molecular weight excluding hydrogens is 428 g/mol. The van der Waals surface area contributed by atoms with Crippen LogP contribution in [0.4, 0.5) is 0 Å². The van der Waals surface area contributed by atoms with Crippen molar-refractivity contribution in [2.45, 2.75) is 50.3 Å². The third kappa shape index (κ3) is 6.08. The van der Waals surface area contributed by atoms with Crippen LogP contribution in [-0.2, 0) is 14.9 Å². The number of unbranched alkanes of at least 4 members (excludes halogenated alkanes) is 1. The Kier molecular flexibility index (Phi) is 7.88. The molecule has 1 atom stereocenters. The van der Waals surface area contributed by atoms with E-state index < -0.39 is 16.1 Å². The van der Waals surface area contributed by atoms with E-state index in [0.717, 1.165) is 12.2 Å². The van der Waals surface area contributed by atoms with E-state index >= 15 is 0 Å². The molecule has 0 aliphatic rings. The Hall–Kier alpha value is -2.90. The van der Waals surface area contributed by atoms with Gasteiger partial charge in [0.15, 0.2) is 0 Å². The zero-order chi connectivity index (χ0) is 23.1. The molecule has 0 aliphatic heterocycles. The minimum atomic E-state index is -4.38. The molecule has 0 aliphatic carbocycles. The van der Waals surface area contributed by atoms with E-state index in [9.17, 15) is 17.8 Å². The molecule has 3 aromatic rings. The third-order valence-corrected chi connectivity index (χ3v) is 6.36. The number of hydrogen-bond acceptors (Lipinski definition) is 5. The maximum atomic E-state index is 12.3. The molecule has 0 fully saturated rings. The highest BCUT2D eigenvalue weighted by molar-refractivity contribution is 7.86. The Bertz CT molecular complexity index is 1170. The van der Waals surface area contributed by atoms with E-state index in [4.69, 9.17) is 9.47 Å². The number of benzene rings is 3. The van der Waals surface area contributed by atoms with Crippen molar-refractivity contribution < 1.29 is 27.2 Å². The fourth-order valence-electron chi connectivity index (χ4n) is 3.42. The Morgan fingerprint density at radius 3 is 2.31 bits per heavy atom. The van der Waals surface area contributed by atoms with Gasteiger partial charge in [0.1, 0.15) is 16.4 Å². The van der Waals surface area contributed by atoms with Crippen molar-refractivity contribution >= 4 is 26.9 Å². The molecule has 0 spiro atoms. The van der Waals surface area contributed by atoms with Crippen LogP contribution < -0.4 is 9.47 Å². The first-order chi connectivity index (χ1) is 15.3. The average Bonchev–Trinajstić information content (AvgIpc) is 2.78. The van der Waals surface area contributed by atoms with Crippen LogP contribution in [0.25, 0.3) is 10.8 Å². The SMILES string of the molecule is CCC(C)c1ccc(OCCCCC(=O)Oc2ccc(S(=O)(=O)O)c3ccccc23)cc1. The van der Waals surface area contributed by atoms with Gasteiger partial charge in [0.25, 0.3) is 10.1 Å². The summed E-state index contributed by atoms with van der Waals surface area (Å²) < 4.78 is 43.8. The van der Waals surface area contributed by atoms with Crippen molar-refractivity contribution in [2.24, 2.45) is 0 Å². The number of fused-ring (bicyclic) bond motifs is 1. The smallest absolute Gasteiger partial charge is 0.311 e. The Morgan fingerprint density at radius 1 is 0.969 bits per heavy atom. The highest BCUT2D eigenvalue weighted by Gasteiger charge is 2.17. The van der Waals surface area contributed by atoms with Gasteiger partial charge < -0.3 is 9.47 Å². The van der Waals surface area contributed by atoms with Crippen molar-refractivity contribution in [1.29, 1.82) is 0 Å². The van der Waals surface area contributed by atoms with Crippen molar-refractivity contribution in [2.75, 3.05) is 6.61 Å². The maximum absolute atomic E-state index is 12.3. The molecule has 0 saturated carbocycles. The summed E-state index contributed by atoms with van der Waals surface area (Å²) in [7, 11) is -4.38. The quantitative estimate of drug-likeness (QED) is 0.181. The second-order valence-electron chi connectivity index (χ2n) is 7.74. The van der Waals surface area contributed by atoms with E-state index in [2.05, 4.69) is 26.0 Å². The maximum Gasteiger partial charge on any atom is 0.311 e. The van der Waals surface area contributed by atoms with Crippen molar-refractivity contribution in [3.63, 3.8) is 0 Å². The number of rotatable bonds is 10. The molecule has 170 valence electrons. The minimum Gasteiger partial charge on any atom is -0.494 e. The number of hydrogen-bond donors (Lipinski definition) is 1. The summed E-state index contributed by atoms with van der Waals surface area (Å²) >= 11 is 0. The minimum absolute atomic E-state index is 0.213. The lowest BCUT2D eigenvalue weighted by Gasteiger charge is -2.11.